The Labute approximate surface area is 115 Å². The second-order valence-corrected chi connectivity index (χ2v) is 5.93. The van der Waals surface area contributed by atoms with Crippen LogP contribution in [0, 0.1) is 0 Å². The Morgan fingerprint density at radius 3 is 2.79 bits per heavy atom. The maximum atomic E-state index is 9.76. The number of nitrogens with zero attached hydrogens (tertiary/aromatic N) is 2. The molecule has 1 aromatic rings. The first-order chi connectivity index (χ1) is 8.91. The van der Waals surface area contributed by atoms with Gasteiger partial charge in [-0.25, -0.2) is 0 Å². The Bertz CT molecular complexity index is 417. The van der Waals surface area contributed by atoms with Crippen LogP contribution >= 0.6 is 0 Å². The van der Waals surface area contributed by atoms with Gasteiger partial charge in [0, 0.05) is 13.1 Å². The third kappa shape index (κ3) is 3.45. The Balaban J connectivity index is 2.13. The van der Waals surface area contributed by atoms with Crippen molar-refractivity contribution in [2.45, 2.75) is 51.9 Å². The van der Waals surface area contributed by atoms with Gasteiger partial charge < -0.3 is 14.7 Å². The van der Waals surface area contributed by atoms with E-state index in [-0.39, 0.29) is 11.7 Å². The molecule has 1 aliphatic rings. The molecule has 0 aliphatic carbocycles. The number of anilines is 1. The average molecular weight is 264 g/mol. The largest absolute Gasteiger partial charge is 0.387 e. The van der Waals surface area contributed by atoms with E-state index in [1.54, 1.807) is 0 Å². The molecule has 19 heavy (non-hydrogen) atoms. The molecule has 0 bridgehead atoms. The fraction of sp³-hybridized carbons (Fsp3) is 0.667. The SMILES string of the molecule is CC[C@@H](O)c1ccc(N2CC(C)OC(C)(C)C2)cn1. The Kier molecular flexibility index (Phi) is 4.11. The van der Waals surface area contributed by atoms with Gasteiger partial charge in [-0.3, -0.25) is 4.98 Å². The summed E-state index contributed by atoms with van der Waals surface area (Å²) in [6, 6.07) is 3.95. The highest BCUT2D eigenvalue weighted by molar-refractivity contribution is 5.45. The Morgan fingerprint density at radius 1 is 1.53 bits per heavy atom. The quantitative estimate of drug-likeness (QED) is 0.911. The first-order valence-electron chi connectivity index (χ1n) is 6.98. The molecule has 2 rings (SSSR count). The highest BCUT2D eigenvalue weighted by Crippen LogP contribution is 2.26. The van der Waals surface area contributed by atoms with Crippen LogP contribution in [0.5, 0.6) is 0 Å². The summed E-state index contributed by atoms with van der Waals surface area (Å²) in [5, 5.41) is 9.76. The van der Waals surface area contributed by atoms with E-state index in [2.05, 4.69) is 30.7 Å². The van der Waals surface area contributed by atoms with Crippen LogP contribution in [0.15, 0.2) is 18.3 Å². The molecule has 1 aromatic heterocycles. The molecule has 1 N–H and O–H groups in total. The summed E-state index contributed by atoms with van der Waals surface area (Å²) >= 11 is 0. The highest BCUT2D eigenvalue weighted by Gasteiger charge is 2.31. The van der Waals surface area contributed by atoms with E-state index >= 15 is 0 Å². The zero-order valence-electron chi connectivity index (χ0n) is 12.3. The second-order valence-electron chi connectivity index (χ2n) is 5.93. The van der Waals surface area contributed by atoms with E-state index < -0.39 is 6.10 Å². The summed E-state index contributed by atoms with van der Waals surface area (Å²) < 4.78 is 5.90. The van der Waals surface area contributed by atoms with Crippen molar-refractivity contribution in [3.63, 3.8) is 0 Å². The van der Waals surface area contributed by atoms with Gasteiger partial charge >= 0.3 is 0 Å². The maximum absolute atomic E-state index is 9.76. The van der Waals surface area contributed by atoms with Gasteiger partial charge in [0.25, 0.3) is 0 Å². The molecule has 1 fully saturated rings. The zero-order chi connectivity index (χ0) is 14.0. The molecule has 1 saturated heterocycles. The van der Waals surface area contributed by atoms with Crippen LogP contribution < -0.4 is 4.90 Å². The van der Waals surface area contributed by atoms with Crippen molar-refractivity contribution >= 4 is 5.69 Å². The van der Waals surface area contributed by atoms with Crippen LogP contribution in [0.1, 0.15) is 45.9 Å². The molecule has 0 aromatic carbocycles. The lowest BCUT2D eigenvalue weighted by molar-refractivity contribution is -0.0749. The van der Waals surface area contributed by atoms with Crippen LogP contribution in [0.4, 0.5) is 5.69 Å². The van der Waals surface area contributed by atoms with Crippen molar-refractivity contribution in [2.24, 2.45) is 0 Å². The summed E-state index contributed by atoms with van der Waals surface area (Å²) in [5.41, 5.74) is 1.70. The van der Waals surface area contributed by atoms with Gasteiger partial charge in [-0.1, -0.05) is 6.92 Å². The minimum atomic E-state index is -0.464. The Hall–Kier alpha value is -1.13. The number of aromatic nitrogens is 1. The van der Waals surface area contributed by atoms with Gasteiger partial charge in [-0.05, 0) is 39.3 Å². The molecular formula is C15H24N2O2. The molecule has 4 nitrogen and oxygen atoms in total. The van der Waals surface area contributed by atoms with Crippen molar-refractivity contribution in [1.82, 2.24) is 4.98 Å². The fourth-order valence-corrected chi connectivity index (χ4v) is 2.64. The molecule has 1 unspecified atom stereocenters. The third-order valence-electron chi connectivity index (χ3n) is 3.43. The number of morpholine rings is 1. The van der Waals surface area contributed by atoms with Gasteiger partial charge in [0.2, 0.25) is 0 Å². The number of pyridine rings is 1. The number of hydrogen-bond donors (Lipinski definition) is 1. The van der Waals surface area contributed by atoms with E-state index in [0.717, 1.165) is 24.5 Å². The minimum Gasteiger partial charge on any atom is -0.387 e. The fourth-order valence-electron chi connectivity index (χ4n) is 2.64. The van der Waals surface area contributed by atoms with Crippen molar-refractivity contribution in [1.29, 1.82) is 0 Å². The van der Waals surface area contributed by atoms with E-state index in [4.69, 9.17) is 4.74 Å². The molecule has 2 atom stereocenters. The zero-order valence-corrected chi connectivity index (χ0v) is 12.3. The lowest BCUT2D eigenvalue weighted by atomic mass is 10.0. The molecular weight excluding hydrogens is 240 g/mol. The van der Waals surface area contributed by atoms with Gasteiger partial charge in [-0.15, -0.1) is 0 Å². The van der Waals surface area contributed by atoms with Crippen LogP contribution in [0.2, 0.25) is 0 Å². The lowest BCUT2D eigenvalue weighted by Gasteiger charge is -2.42. The Morgan fingerprint density at radius 2 is 2.26 bits per heavy atom. The first-order valence-corrected chi connectivity index (χ1v) is 6.98. The predicted molar refractivity (Wildman–Crippen MR) is 76.3 cm³/mol. The van der Waals surface area contributed by atoms with E-state index in [9.17, 15) is 5.11 Å². The average Bonchev–Trinajstić information content (AvgIpc) is 2.35. The summed E-state index contributed by atoms with van der Waals surface area (Å²) in [5.74, 6) is 0. The molecule has 2 heterocycles. The molecule has 106 valence electrons. The normalized spacial score (nSPS) is 24.3. The second kappa shape index (κ2) is 5.47. The summed E-state index contributed by atoms with van der Waals surface area (Å²) in [4.78, 5) is 6.66. The number of ether oxygens (including phenoxy) is 1. The first kappa shape index (κ1) is 14.3. The molecule has 0 spiro atoms. The summed E-state index contributed by atoms with van der Waals surface area (Å²) in [6.45, 7) is 10.00. The van der Waals surface area contributed by atoms with Crippen molar-refractivity contribution < 1.29 is 9.84 Å². The number of hydrogen-bond acceptors (Lipinski definition) is 4. The van der Waals surface area contributed by atoms with Gasteiger partial charge in [0.1, 0.15) is 0 Å². The molecule has 0 saturated carbocycles. The summed E-state index contributed by atoms with van der Waals surface area (Å²) in [6.07, 6.45) is 2.29. The van der Waals surface area contributed by atoms with E-state index in [1.807, 2.05) is 25.3 Å². The van der Waals surface area contributed by atoms with Crippen LogP contribution in [-0.4, -0.2) is 34.9 Å². The molecule has 0 radical (unpaired) electrons. The van der Waals surface area contributed by atoms with Gasteiger partial charge in [0.05, 0.1) is 35.4 Å². The molecule has 1 aliphatic heterocycles. The highest BCUT2D eigenvalue weighted by atomic mass is 16.5. The topological polar surface area (TPSA) is 45.6 Å². The van der Waals surface area contributed by atoms with Gasteiger partial charge in [0.15, 0.2) is 0 Å². The van der Waals surface area contributed by atoms with E-state index in [0.29, 0.717) is 6.42 Å². The van der Waals surface area contributed by atoms with Crippen LogP contribution in [0.25, 0.3) is 0 Å². The predicted octanol–water partition coefficient (Wildman–Crippen LogP) is 2.53. The van der Waals surface area contributed by atoms with Crippen LogP contribution in [-0.2, 0) is 4.74 Å². The van der Waals surface area contributed by atoms with Crippen molar-refractivity contribution in [3.05, 3.63) is 24.0 Å². The van der Waals surface area contributed by atoms with Crippen LogP contribution in [0.3, 0.4) is 0 Å². The van der Waals surface area contributed by atoms with Crippen molar-refractivity contribution in [3.8, 4) is 0 Å². The number of aliphatic hydroxyl groups excluding tert-OH is 1. The lowest BCUT2D eigenvalue weighted by Crippen LogP contribution is -2.52. The third-order valence-corrected chi connectivity index (χ3v) is 3.43. The minimum absolute atomic E-state index is 0.140. The standard InChI is InChI=1S/C15H24N2O2/c1-5-14(18)13-7-6-12(8-16-13)17-9-11(2)19-15(3,4)10-17/h6-8,11,14,18H,5,9-10H2,1-4H3/t11?,14-/m1/s1. The molecule has 4 heteroatoms. The van der Waals surface area contributed by atoms with E-state index in [1.165, 1.54) is 0 Å². The maximum Gasteiger partial charge on any atom is 0.0957 e. The number of aliphatic hydroxyl groups is 1. The molecule has 0 amide bonds. The van der Waals surface area contributed by atoms with Gasteiger partial charge in [-0.2, -0.15) is 0 Å². The smallest absolute Gasteiger partial charge is 0.0957 e. The monoisotopic (exact) mass is 264 g/mol. The summed E-state index contributed by atoms with van der Waals surface area (Å²) in [7, 11) is 0. The number of rotatable bonds is 3. The van der Waals surface area contributed by atoms with Crippen molar-refractivity contribution in [2.75, 3.05) is 18.0 Å².